The van der Waals surface area contributed by atoms with Crippen LogP contribution in [0.5, 0.6) is 0 Å². The molecule has 0 aliphatic heterocycles. The molecular weight excluding hydrogens is 311 g/mol. The molecule has 0 spiro atoms. The Morgan fingerprint density at radius 1 is 1.56 bits per heavy atom. The highest BCUT2D eigenvalue weighted by atomic mass is 79.9. The summed E-state index contributed by atoms with van der Waals surface area (Å²) in [5.74, 6) is -0.640. The molecule has 1 aromatic rings. The van der Waals surface area contributed by atoms with Gasteiger partial charge in [-0.1, -0.05) is 0 Å². The molecular formula is C8H7BrF3NO2S. The Morgan fingerprint density at radius 3 is 2.62 bits per heavy atom. The highest BCUT2D eigenvalue weighted by Crippen LogP contribution is 2.22. The van der Waals surface area contributed by atoms with E-state index in [0.29, 0.717) is 3.79 Å². The van der Waals surface area contributed by atoms with E-state index in [0.717, 1.165) is 11.3 Å². The number of alkyl halides is 3. The van der Waals surface area contributed by atoms with Crippen molar-refractivity contribution in [1.82, 2.24) is 5.32 Å². The molecule has 0 radical (unpaired) electrons. The van der Waals surface area contributed by atoms with Crippen molar-refractivity contribution in [3.05, 3.63) is 20.8 Å². The molecule has 1 unspecified atom stereocenters. The van der Waals surface area contributed by atoms with Crippen molar-refractivity contribution in [3.63, 3.8) is 0 Å². The van der Waals surface area contributed by atoms with Crippen LogP contribution < -0.4 is 5.32 Å². The van der Waals surface area contributed by atoms with Gasteiger partial charge in [0.1, 0.15) is 0 Å². The Labute approximate surface area is 101 Å². The molecule has 0 aliphatic rings. The van der Waals surface area contributed by atoms with Gasteiger partial charge in [0.05, 0.1) is 15.2 Å². The summed E-state index contributed by atoms with van der Waals surface area (Å²) in [6.07, 6.45) is -7.26. The Kier molecular flexibility index (Phi) is 4.34. The molecule has 0 aliphatic carbocycles. The second-order valence-corrected chi connectivity index (χ2v) is 5.33. The minimum Gasteiger partial charge on any atom is -0.382 e. The molecule has 8 heteroatoms. The van der Waals surface area contributed by atoms with Crippen LogP contribution in [0.3, 0.4) is 0 Å². The van der Waals surface area contributed by atoms with E-state index in [1.807, 2.05) is 5.32 Å². The highest BCUT2D eigenvalue weighted by Gasteiger charge is 2.38. The van der Waals surface area contributed by atoms with Gasteiger partial charge in [-0.05, 0) is 28.1 Å². The van der Waals surface area contributed by atoms with Crippen LogP contribution in [0, 0.1) is 0 Å². The van der Waals surface area contributed by atoms with Crippen LogP contribution in [0.4, 0.5) is 13.2 Å². The van der Waals surface area contributed by atoms with Gasteiger partial charge in [0.25, 0.3) is 5.91 Å². The number of halogens is 4. The van der Waals surface area contributed by atoms with Crippen molar-refractivity contribution in [2.75, 3.05) is 6.54 Å². The average molecular weight is 318 g/mol. The minimum atomic E-state index is -4.72. The molecule has 1 rings (SSSR count). The fourth-order valence-electron chi connectivity index (χ4n) is 0.829. The number of carbonyl (C=O) groups is 1. The molecule has 1 amide bonds. The maximum absolute atomic E-state index is 11.9. The lowest BCUT2D eigenvalue weighted by Crippen LogP contribution is -2.40. The summed E-state index contributed by atoms with van der Waals surface area (Å²) in [7, 11) is 0. The second-order valence-electron chi connectivity index (χ2n) is 2.87. The lowest BCUT2D eigenvalue weighted by molar-refractivity contribution is -0.201. The molecule has 3 nitrogen and oxygen atoms in total. The summed E-state index contributed by atoms with van der Waals surface area (Å²) in [6.45, 7) is -0.849. The van der Waals surface area contributed by atoms with E-state index < -0.39 is 24.7 Å². The molecule has 2 N–H and O–H groups in total. The second kappa shape index (κ2) is 5.15. The van der Waals surface area contributed by atoms with Crippen molar-refractivity contribution < 1.29 is 23.1 Å². The van der Waals surface area contributed by atoms with E-state index in [1.54, 1.807) is 6.07 Å². The van der Waals surface area contributed by atoms with Gasteiger partial charge in [-0.2, -0.15) is 13.2 Å². The van der Waals surface area contributed by atoms with Crippen LogP contribution in [0.2, 0.25) is 0 Å². The SMILES string of the molecule is O=C(NCC(O)C(F)(F)F)c1ccc(Br)s1. The number of thiophene rings is 1. The van der Waals surface area contributed by atoms with Crippen molar-refractivity contribution in [2.24, 2.45) is 0 Å². The number of hydrogen-bond acceptors (Lipinski definition) is 3. The number of carbonyl (C=O) groups excluding carboxylic acids is 1. The van der Waals surface area contributed by atoms with Crippen LogP contribution in [-0.4, -0.2) is 29.8 Å². The van der Waals surface area contributed by atoms with Gasteiger partial charge in [0.15, 0.2) is 6.10 Å². The number of amides is 1. The molecule has 0 saturated heterocycles. The third-order valence-corrected chi connectivity index (χ3v) is 3.25. The third-order valence-electron chi connectivity index (χ3n) is 1.63. The van der Waals surface area contributed by atoms with Crippen molar-refractivity contribution in [3.8, 4) is 0 Å². The summed E-state index contributed by atoms with van der Waals surface area (Å²) in [6, 6.07) is 3.09. The quantitative estimate of drug-likeness (QED) is 0.897. The summed E-state index contributed by atoms with van der Waals surface area (Å²) in [5, 5.41) is 10.6. The highest BCUT2D eigenvalue weighted by molar-refractivity contribution is 9.11. The zero-order valence-electron chi connectivity index (χ0n) is 7.71. The fourth-order valence-corrected chi connectivity index (χ4v) is 2.13. The van der Waals surface area contributed by atoms with E-state index >= 15 is 0 Å². The summed E-state index contributed by atoms with van der Waals surface area (Å²) in [4.78, 5) is 11.6. The summed E-state index contributed by atoms with van der Waals surface area (Å²) in [5.41, 5.74) is 0. The largest absolute Gasteiger partial charge is 0.416 e. The smallest absolute Gasteiger partial charge is 0.382 e. The average Bonchev–Trinajstić information content (AvgIpc) is 2.59. The van der Waals surface area contributed by atoms with Crippen molar-refractivity contribution in [2.45, 2.75) is 12.3 Å². The van der Waals surface area contributed by atoms with Gasteiger partial charge < -0.3 is 10.4 Å². The first kappa shape index (κ1) is 13.5. The van der Waals surface area contributed by atoms with Gasteiger partial charge >= 0.3 is 6.18 Å². The van der Waals surface area contributed by atoms with Crippen LogP contribution >= 0.6 is 27.3 Å². The first-order chi connectivity index (χ1) is 7.30. The Bertz CT molecular complexity index is 380. The molecule has 1 atom stereocenters. The molecule has 0 aromatic carbocycles. The Balaban J connectivity index is 2.48. The Hall–Kier alpha value is -0.600. The molecule has 90 valence electrons. The third kappa shape index (κ3) is 3.76. The predicted octanol–water partition coefficient (Wildman–Crippen LogP) is 2.16. The van der Waals surface area contributed by atoms with Crippen LogP contribution in [-0.2, 0) is 0 Å². The maximum Gasteiger partial charge on any atom is 0.416 e. The van der Waals surface area contributed by atoms with Crippen LogP contribution in [0.1, 0.15) is 9.67 Å². The number of aliphatic hydroxyl groups is 1. The standard InChI is InChI=1S/C8H7BrF3NO2S/c9-6-2-1-4(16-6)7(15)13-3-5(14)8(10,11)12/h1-2,5,14H,3H2,(H,13,15). The zero-order chi connectivity index (χ0) is 12.3. The van der Waals surface area contributed by atoms with Crippen LogP contribution in [0.15, 0.2) is 15.9 Å². The molecule has 0 saturated carbocycles. The molecule has 1 aromatic heterocycles. The summed E-state index contributed by atoms with van der Waals surface area (Å²) >= 11 is 4.22. The first-order valence-electron chi connectivity index (χ1n) is 4.09. The van der Waals surface area contributed by atoms with E-state index in [4.69, 9.17) is 5.11 Å². The van der Waals surface area contributed by atoms with Crippen molar-refractivity contribution in [1.29, 1.82) is 0 Å². The van der Waals surface area contributed by atoms with Gasteiger partial charge in [0, 0.05) is 0 Å². The minimum absolute atomic E-state index is 0.279. The molecule has 0 fully saturated rings. The van der Waals surface area contributed by atoms with Crippen molar-refractivity contribution >= 4 is 33.2 Å². The van der Waals surface area contributed by atoms with Gasteiger partial charge in [-0.25, -0.2) is 0 Å². The topological polar surface area (TPSA) is 49.3 Å². The first-order valence-corrected chi connectivity index (χ1v) is 5.70. The molecule has 1 heterocycles. The normalized spacial score (nSPS) is 13.6. The molecule has 16 heavy (non-hydrogen) atoms. The maximum atomic E-state index is 11.9. The van der Waals surface area contributed by atoms with Gasteiger partial charge in [0.2, 0.25) is 0 Å². The van der Waals surface area contributed by atoms with Crippen LogP contribution in [0.25, 0.3) is 0 Å². The van der Waals surface area contributed by atoms with E-state index in [9.17, 15) is 18.0 Å². The predicted molar refractivity (Wildman–Crippen MR) is 56.4 cm³/mol. The van der Waals surface area contributed by atoms with E-state index in [2.05, 4.69) is 15.9 Å². The zero-order valence-corrected chi connectivity index (χ0v) is 10.1. The lowest BCUT2D eigenvalue weighted by atomic mass is 10.3. The van der Waals surface area contributed by atoms with Gasteiger partial charge in [-0.15, -0.1) is 11.3 Å². The summed E-state index contributed by atoms with van der Waals surface area (Å²) < 4.78 is 36.4. The van der Waals surface area contributed by atoms with Gasteiger partial charge in [-0.3, -0.25) is 4.79 Å². The fraction of sp³-hybridized carbons (Fsp3) is 0.375. The number of hydrogen-bond donors (Lipinski definition) is 2. The molecule has 0 bridgehead atoms. The lowest BCUT2D eigenvalue weighted by Gasteiger charge is -2.14. The van der Waals surface area contributed by atoms with E-state index in [1.165, 1.54) is 6.07 Å². The number of rotatable bonds is 3. The van der Waals surface area contributed by atoms with E-state index in [-0.39, 0.29) is 4.88 Å². The Morgan fingerprint density at radius 2 is 2.19 bits per heavy atom. The monoisotopic (exact) mass is 317 g/mol. The number of nitrogens with one attached hydrogen (secondary N) is 1. The number of aliphatic hydroxyl groups excluding tert-OH is 1.